The lowest BCUT2D eigenvalue weighted by Crippen LogP contribution is -2.13. The summed E-state index contributed by atoms with van der Waals surface area (Å²) in [7, 11) is 0. The van der Waals surface area contributed by atoms with Gasteiger partial charge in [0, 0.05) is 0 Å². The molecule has 0 saturated carbocycles. The van der Waals surface area contributed by atoms with E-state index in [1.165, 1.54) is 6.07 Å². The predicted molar refractivity (Wildman–Crippen MR) is 76.8 cm³/mol. The Balaban J connectivity index is 1.62. The molecule has 0 saturated heterocycles. The molecule has 0 N–H and O–H groups in total. The van der Waals surface area contributed by atoms with Gasteiger partial charge in [-0.3, -0.25) is 0 Å². The molecule has 0 spiro atoms. The van der Waals surface area contributed by atoms with Gasteiger partial charge >= 0.3 is 6.18 Å². The molecule has 4 aromatic rings. The molecule has 4 rings (SSSR count). The van der Waals surface area contributed by atoms with E-state index < -0.39 is 11.7 Å². The highest BCUT2D eigenvalue weighted by molar-refractivity contribution is 5.75. The Morgan fingerprint density at radius 1 is 1.08 bits per heavy atom. The van der Waals surface area contributed by atoms with Gasteiger partial charge in [0.15, 0.2) is 12.2 Å². The van der Waals surface area contributed by atoms with Gasteiger partial charge in [-0.25, -0.2) is 4.98 Å². The maximum absolute atomic E-state index is 12.8. The summed E-state index contributed by atoms with van der Waals surface area (Å²) in [6, 6.07) is 10.3. The topological polar surface area (TPSA) is 66.0 Å². The molecule has 0 aliphatic heterocycles. The number of benzene rings is 2. The number of rotatable bonds is 3. The van der Waals surface area contributed by atoms with Crippen molar-refractivity contribution in [2.24, 2.45) is 0 Å². The summed E-state index contributed by atoms with van der Waals surface area (Å²) in [6.45, 7) is -0.0939. The van der Waals surface area contributed by atoms with E-state index in [-0.39, 0.29) is 18.0 Å². The Bertz CT molecular complexity index is 989. The number of para-hydroxylation sites is 2. The maximum atomic E-state index is 12.8. The lowest BCUT2D eigenvalue weighted by atomic mass is 10.2. The van der Waals surface area contributed by atoms with Gasteiger partial charge < -0.3 is 9.25 Å². The average molecular weight is 334 g/mol. The molecule has 0 bridgehead atoms. The van der Waals surface area contributed by atoms with Crippen molar-refractivity contribution in [3.05, 3.63) is 53.9 Å². The summed E-state index contributed by atoms with van der Waals surface area (Å²) in [6.07, 6.45) is -4.45. The van der Waals surface area contributed by atoms with Gasteiger partial charge in [-0.1, -0.05) is 17.0 Å². The number of hydrogen-bond acceptors (Lipinski definition) is 5. The number of aromatic nitrogens is 4. The van der Waals surface area contributed by atoms with E-state index in [9.17, 15) is 13.2 Å². The summed E-state index contributed by atoms with van der Waals surface area (Å²) >= 11 is 0. The van der Waals surface area contributed by atoms with Crippen molar-refractivity contribution >= 4 is 22.1 Å². The third-order valence-electron chi connectivity index (χ3n) is 3.39. The van der Waals surface area contributed by atoms with E-state index >= 15 is 0 Å². The zero-order valence-corrected chi connectivity index (χ0v) is 12.0. The highest BCUT2D eigenvalue weighted by Crippen LogP contribution is 2.30. The van der Waals surface area contributed by atoms with Crippen LogP contribution < -0.4 is 4.84 Å². The van der Waals surface area contributed by atoms with Crippen molar-refractivity contribution < 1.29 is 22.4 Å². The van der Waals surface area contributed by atoms with Gasteiger partial charge in [-0.15, -0.1) is 5.10 Å². The monoisotopic (exact) mass is 334 g/mol. The molecular formula is C15H9F3N4O2. The predicted octanol–water partition coefficient (Wildman–Crippen LogP) is 3.22. The Hall–Kier alpha value is -3.10. The van der Waals surface area contributed by atoms with Crippen molar-refractivity contribution in [1.29, 1.82) is 0 Å². The minimum Gasteiger partial charge on any atom is -0.437 e. The van der Waals surface area contributed by atoms with Crippen molar-refractivity contribution in [2.45, 2.75) is 12.8 Å². The van der Waals surface area contributed by atoms with Gasteiger partial charge in [0.05, 0.1) is 5.56 Å². The fraction of sp³-hybridized carbons (Fsp3) is 0.133. The smallest absolute Gasteiger partial charge is 0.416 e. The standard InChI is InChI=1S/C15H9F3N4O2/c16-15(17,18)9-5-6-10-12(7-9)22(21-20-10)23-8-14-19-11-3-1-2-4-13(11)24-14/h1-7H,8H2. The van der Waals surface area contributed by atoms with Crippen LogP contribution in [-0.4, -0.2) is 20.1 Å². The second-order valence-electron chi connectivity index (χ2n) is 5.01. The van der Waals surface area contributed by atoms with Crippen LogP contribution in [0.1, 0.15) is 11.5 Å². The normalized spacial score (nSPS) is 12.1. The van der Waals surface area contributed by atoms with E-state index in [2.05, 4.69) is 15.3 Å². The third kappa shape index (κ3) is 2.53. The maximum Gasteiger partial charge on any atom is 0.416 e. The summed E-state index contributed by atoms with van der Waals surface area (Å²) in [5.41, 5.74) is 0.864. The lowest BCUT2D eigenvalue weighted by Gasteiger charge is -2.07. The Labute approximate surface area is 132 Å². The fourth-order valence-electron chi connectivity index (χ4n) is 2.27. The molecule has 0 aliphatic carbocycles. The zero-order valence-electron chi connectivity index (χ0n) is 12.0. The average Bonchev–Trinajstić information content (AvgIpc) is 3.15. The molecule has 2 heterocycles. The van der Waals surface area contributed by atoms with Crippen LogP contribution in [0, 0.1) is 0 Å². The largest absolute Gasteiger partial charge is 0.437 e. The first-order chi connectivity index (χ1) is 11.5. The van der Waals surface area contributed by atoms with Gasteiger partial charge in [0.25, 0.3) is 0 Å². The SMILES string of the molecule is FC(F)(F)c1ccc2nnn(OCc3nc4ccccc4o3)c2c1. The quantitative estimate of drug-likeness (QED) is 0.575. The van der Waals surface area contributed by atoms with E-state index in [0.717, 1.165) is 17.0 Å². The minimum atomic E-state index is -4.45. The van der Waals surface area contributed by atoms with Crippen molar-refractivity contribution in [3.63, 3.8) is 0 Å². The Morgan fingerprint density at radius 2 is 1.92 bits per heavy atom. The van der Waals surface area contributed by atoms with E-state index in [0.29, 0.717) is 16.6 Å². The van der Waals surface area contributed by atoms with Gasteiger partial charge in [-0.05, 0) is 35.5 Å². The molecule has 9 heteroatoms. The molecule has 0 amide bonds. The summed E-state index contributed by atoms with van der Waals surface area (Å²) in [5.74, 6) is 0.284. The number of hydrogen-bond donors (Lipinski definition) is 0. The number of alkyl halides is 3. The lowest BCUT2D eigenvalue weighted by molar-refractivity contribution is -0.137. The van der Waals surface area contributed by atoms with Crippen molar-refractivity contribution in [2.75, 3.05) is 0 Å². The highest BCUT2D eigenvalue weighted by atomic mass is 19.4. The zero-order chi connectivity index (χ0) is 16.7. The number of nitrogens with zero attached hydrogens (tertiary/aromatic N) is 4. The fourth-order valence-corrected chi connectivity index (χ4v) is 2.27. The van der Waals surface area contributed by atoms with Crippen LogP contribution in [0.25, 0.3) is 22.1 Å². The molecule has 2 aromatic heterocycles. The highest BCUT2D eigenvalue weighted by Gasteiger charge is 2.31. The summed E-state index contributed by atoms with van der Waals surface area (Å²) in [4.78, 5) is 10.5. The van der Waals surface area contributed by atoms with Gasteiger partial charge in [0.1, 0.15) is 16.6 Å². The van der Waals surface area contributed by atoms with Crippen LogP contribution in [0.3, 0.4) is 0 Å². The number of oxazole rings is 1. The first kappa shape index (κ1) is 14.5. The molecular weight excluding hydrogens is 325 g/mol. The number of fused-ring (bicyclic) bond motifs is 2. The van der Waals surface area contributed by atoms with Crippen molar-refractivity contribution in [1.82, 2.24) is 20.1 Å². The molecule has 24 heavy (non-hydrogen) atoms. The van der Waals surface area contributed by atoms with Crippen LogP contribution in [0.4, 0.5) is 13.2 Å². The van der Waals surface area contributed by atoms with Crippen LogP contribution in [0.15, 0.2) is 46.9 Å². The molecule has 0 aliphatic rings. The van der Waals surface area contributed by atoms with E-state index in [1.54, 1.807) is 12.1 Å². The van der Waals surface area contributed by atoms with E-state index in [4.69, 9.17) is 9.25 Å². The van der Waals surface area contributed by atoms with Gasteiger partial charge in [-0.2, -0.15) is 13.2 Å². The Kier molecular flexibility index (Phi) is 3.15. The molecule has 0 radical (unpaired) electrons. The summed E-state index contributed by atoms with van der Waals surface area (Å²) in [5, 5.41) is 7.46. The third-order valence-corrected chi connectivity index (χ3v) is 3.39. The molecule has 0 atom stereocenters. The molecule has 6 nitrogen and oxygen atoms in total. The second kappa shape index (κ2) is 5.22. The van der Waals surface area contributed by atoms with Crippen LogP contribution in [0.5, 0.6) is 0 Å². The molecule has 122 valence electrons. The Morgan fingerprint density at radius 3 is 2.71 bits per heavy atom. The van der Waals surface area contributed by atoms with Crippen LogP contribution in [-0.2, 0) is 12.8 Å². The first-order valence-electron chi connectivity index (χ1n) is 6.91. The van der Waals surface area contributed by atoms with Gasteiger partial charge in [0.2, 0.25) is 5.89 Å². The second-order valence-corrected chi connectivity index (χ2v) is 5.01. The minimum absolute atomic E-state index is 0.0939. The van der Waals surface area contributed by atoms with Crippen LogP contribution in [0.2, 0.25) is 0 Å². The van der Waals surface area contributed by atoms with Crippen molar-refractivity contribution in [3.8, 4) is 0 Å². The molecule has 0 fully saturated rings. The van der Waals surface area contributed by atoms with Crippen LogP contribution >= 0.6 is 0 Å². The number of halogens is 3. The first-order valence-corrected chi connectivity index (χ1v) is 6.91. The molecule has 0 unspecified atom stereocenters. The van der Waals surface area contributed by atoms with E-state index in [1.807, 2.05) is 12.1 Å². The summed E-state index contributed by atoms with van der Waals surface area (Å²) < 4.78 is 43.9. The molecule has 2 aromatic carbocycles.